The van der Waals surface area contributed by atoms with Crippen molar-refractivity contribution in [2.45, 2.75) is 19.5 Å². The average Bonchev–Trinajstić information content (AvgIpc) is 2.90. The molecule has 0 bridgehead atoms. The third kappa shape index (κ3) is 2.85. The predicted molar refractivity (Wildman–Crippen MR) is 73.5 cm³/mol. The zero-order chi connectivity index (χ0) is 14.7. The normalized spacial score (nSPS) is 12.1. The molecule has 20 heavy (non-hydrogen) atoms. The van der Waals surface area contributed by atoms with Crippen LogP contribution in [0.3, 0.4) is 0 Å². The Balaban J connectivity index is 2.12. The van der Waals surface area contributed by atoms with Crippen molar-refractivity contribution in [3.05, 3.63) is 28.1 Å². The average molecular weight is 295 g/mol. The zero-order valence-corrected chi connectivity index (χ0v) is 11.8. The molecule has 0 aliphatic heterocycles. The molecular formula is C12H13N3O4S. The molecule has 106 valence electrons. The first-order chi connectivity index (χ1) is 9.52. The molecule has 2 aromatic heterocycles. The Bertz CT molecular complexity index is 706. The van der Waals surface area contributed by atoms with Crippen LogP contribution in [0.2, 0.25) is 0 Å². The van der Waals surface area contributed by atoms with Gasteiger partial charge in [0.2, 0.25) is 5.91 Å². The van der Waals surface area contributed by atoms with E-state index >= 15 is 0 Å². The molecule has 7 nitrogen and oxygen atoms in total. The van der Waals surface area contributed by atoms with Crippen LogP contribution in [0.5, 0.6) is 0 Å². The Labute approximate surface area is 118 Å². The van der Waals surface area contributed by atoms with Gasteiger partial charge in [-0.25, -0.2) is 9.78 Å². The first-order valence-electron chi connectivity index (χ1n) is 5.82. The summed E-state index contributed by atoms with van der Waals surface area (Å²) in [4.78, 5) is 39.7. The lowest BCUT2D eigenvalue weighted by atomic mass is 10.3. The summed E-state index contributed by atoms with van der Waals surface area (Å²) in [6.07, 6.45) is 1.32. The van der Waals surface area contributed by atoms with Gasteiger partial charge in [-0.05, 0) is 18.4 Å². The molecule has 1 N–H and O–H groups in total. The van der Waals surface area contributed by atoms with E-state index in [4.69, 9.17) is 0 Å². The van der Waals surface area contributed by atoms with Crippen LogP contribution in [0.1, 0.15) is 6.92 Å². The van der Waals surface area contributed by atoms with Gasteiger partial charge in [-0.1, -0.05) is 0 Å². The van der Waals surface area contributed by atoms with Crippen molar-refractivity contribution < 1.29 is 14.3 Å². The number of fused-ring (bicyclic) bond motifs is 1. The van der Waals surface area contributed by atoms with E-state index in [2.05, 4.69) is 15.0 Å². The van der Waals surface area contributed by atoms with E-state index in [1.54, 1.807) is 11.4 Å². The summed E-state index contributed by atoms with van der Waals surface area (Å²) in [7, 11) is 1.24. The van der Waals surface area contributed by atoms with Gasteiger partial charge in [0.25, 0.3) is 5.56 Å². The number of aromatic nitrogens is 2. The fourth-order valence-electron chi connectivity index (χ4n) is 1.68. The van der Waals surface area contributed by atoms with Gasteiger partial charge in [-0.2, -0.15) is 0 Å². The Kier molecular flexibility index (Phi) is 4.14. The molecule has 0 spiro atoms. The van der Waals surface area contributed by atoms with Gasteiger partial charge in [-0.3, -0.25) is 14.2 Å². The second-order valence-electron chi connectivity index (χ2n) is 4.13. The molecular weight excluding hydrogens is 282 g/mol. The fourth-order valence-corrected chi connectivity index (χ4v) is 2.41. The van der Waals surface area contributed by atoms with Crippen molar-refractivity contribution in [1.29, 1.82) is 0 Å². The van der Waals surface area contributed by atoms with E-state index in [9.17, 15) is 14.4 Å². The number of carbonyl (C=O) groups is 2. The molecule has 2 rings (SSSR count). The Morgan fingerprint density at radius 3 is 3.00 bits per heavy atom. The lowest BCUT2D eigenvalue weighted by Gasteiger charge is -2.12. The predicted octanol–water partition coefficient (Wildman–Crippen LogP) is 0.136. The summed E-state index contributed by atoms with van der Waals surface area (Å²) in [5, 5.41) is 4.69. The van der Waals surface area contributed by atoms with Crippen molar-refractivity contribution in [3.63, 3.8) is 0 Å². The lowest BCUT2D eigenvalue weighted by molar-refractivity contribution is -0.144. The topological polar surface area (TPSA) is 90.3 Å². The maximum atomic E-state index is 12.1. The molecule has 0 radical (unpaired) electrons. The largest absolute Gasteiger partial charge is 0.467 e. The number of thiophene rings is 1. The molecule has 8 heteroatoms. The molecule has 1 atom stereocenters. The summed E-state index contributed by atoms with van der Waals surface area (Å²) in [6.45, 7) is 1.31. The third-order valence-corrected chi connectivity index (χ3v) is 3.52. The number of carbonyl (C=O) groups excluding carboxylic acids is 2. The van der Waals surface area contributed by atoms with E-state index in [0.717, 1.165) is 0 Å². The minimum atomic E-state index is -0.763. The lowest BCUT2D eigenvalue weighted by Crippen LogP contribution is -2.42. The Morgan fingerprint density at radius 1 is 1.55 bits per heavy atom. The minimum absolute atomic E-state index is 0.195. The monoisotopic (exact) mass is 295 g/mol. The van der Waals surface area contributed by atoms with E-state index in [1.165, 1.54) is 36.3 Å². The van der Waals surface area contributed by atoms with Crippen LogP contribution in [0.4, 0.5) is 0 Å². The Morgan fingerprint density at radius 2 is 2.30 bits per heavy atom. The van der Waals surface area contributed by atoms with Crippen molar-refractivity contribution in [2.24, 2.45) is 0 Å². The standard InChI is InChI=1S/C12H13N3O4S/c1-7(12(18)19-2)14-9(16)5-15-6-13-10-8(11(15)17)3-4-20-10/h3-4,6-7H,5H2,1-2H3,(H,14,16). The molecule has 0 aromatic carbocycles. The number of ether oxygens (including phenoxy) is 1. The minimum Gasteiger partial charge on any atom is -0.467 e. The van der Waals surface area contributed by atoms with Crippen molar-refractivity contribution in [2.75, 3.05) is 7.11 Å². The maximum Gasteiger partial charge on any atom is 0.328 e. The summed E-state index contributed by atoms with van der Waals surface area (Å²) in [5.41, 5.74) is -0.280. The van der Waals surface area contributed by atoms with E-state index in [0.29, 0.717) is 10.2 Å². The second kappa shape index (κ2) is 5.83. The number of hydrogen-bond acceptors (Lipinski definition) is 6. The number of methoxy groups -OCH3 is 1. The highest BCUT2D eigenvalue weighted by Crippen LogP contribution is 2.13. The molecule has 0 fully saturated rings. The van der Waals surface area contributed by atoms with Crippen molar-refractivity contribution in [3.8, 4) is 0 Å². The van der Waals surface area contributed by atoms with E-state index in [1.807, 2.05) is 0 Å². The first kappa shape index (κ1) is 14.2. The molecule has 2 heterocycles. The van der Waals surface area contributed by atoms with Crippen LogP contribution in [0.25, 0.3) is 10.2 Å². The van der Waals surface area contributed by atoms with Gasteiger partial charge < -0.3 is 10.1 Å². The summed E-state index contributed by atoms with van der Waals surface area (Å²) in [5.74, 6) is -1.00. The second-order valence-corrected chi connectivity index (χ2v) is 5.02. The van der Waals surface area contributed by atoms with E-state index < -0.39 is 17.9 Å². The quantitative estimate of drug-likeness (QED) is 0.810. The van der Waals surface area contributed by atoms with Gasteiger partial charge in [-0.15, -0.1) is 11.3 Å². The third-order valence-electron chi connectivity index (χ3n) is 2.70. The number of nitrogens with zero attached hydrogens (tertiary/aromatic N) is 2. The van der Waals surface area contributed by atoms with Gasteiger partial charge in [0.05, 0.1) is 18.8 Å². The highest BCUT2D eigenvalue weighted by Gasteiger charge is 2.16. The molecule has 0 aliphatic rings. The SMILES string of the molecule is COC(=O)C(C)NC(=O)Cn1cnc2sccc2c1=O. The van der Waals surface area contributed by atoms with Crippen LogP contribution in [-0.4, -0.2) is 34.6 Å². The summed E-state index contributed by atoms with van der Waals surface area (Å²) >= 11 is 1.36. The van der Waals surface area contributed by atoms with Crippen LogP contribution in [0.15, 0.2) is 22.6 Å². The molecule has 0 aliphatic carbocycles. The summed E-state index contributed by atoms with van der Waals surface area (Å²) < 4.78 is 5.70. The van der Waals surface area contributed by atoms with E-state index in [-0.39, 0.29) is 12.1 Å². The number of esters is 1. The number of rotatable bonds is 4. The number of amides is 1. The molecule has 1 amide bonds. The van der Waals surface area contributed by atoms with Gasteiger partial charge in [0.15, 0.2) is 0 Å². The van der Waals surface area contributed by atoms with Gasteiger partial charge >= 0.3 is 5.97 Å². The first-order valence-corrected chi connectivity index (χ1v) is 6.70. The van der Waals surface area contributed by atoms with Crippen LogP contribution in [0, 0.1) is 0 Å². The molecule has 0 saturated carbocycles. The smallest absolute Gasteiger partial charge is 0.328 e. The van der Waals surface area contributed by atoms with Crippen LogP contribution < -0.4 is 10.9 Å². The maximum absolute atomic E-state index is 12.1. The van der Waals surface area contributed by atoms with Crippen LogP contribution >= 0.6 is 11.3 Å². The highest BCUT2D eigenvalue weighted by molar-refractivity contribution is 7.16. The van der Waals surface area contributed by atoms with Gasteiger partial charge in [0, 0.05) is 0 Å². The highest BCUT2D eigenvalue weighted by atomic mass is 32.1. The fraction of sp³-hybridized carbons (Fsp3) is 0.333. The zero-order valence-electron chi connectivity index (χ0n) is 11.0. The summed E-state index contributed by atoms with van der Waals surface area (Å²) in [6, 6.07) is 0.905. The Hall–Kier alpha value is -2.22. The molecule has 2 aromatic rings. The van der Waals surface area contributed by atoms with Crippen molar-refractivity contribution in [1.82, 2.24) is 14.9 Å². The number of nitrogens with one attached hydrogen (secondary N) is 1. The van der Waals surface area contributed by atoms with Gasteiger partial charge in [0.1, 0.15) is 17.4 Å². The molecule has 1 unspecified atom stereocenters. The van der Waals surface area contributed by atoms with Crippen LogP contribution in [-0.2, 0) is 20.9 Å². The number of hydrogen-bond donors (Lipinski definition) is 1. The van der Waals surface area contributed by atoms with Crippen molar-refractivity contribution >= 4 is 33.4 Å². The molecule has 0 saturated heterocycles.